The smallest absolute Gasteiger partial charge is 0.305 e. The van der Waals surface area contributed by atoms with E-state index >= 15 is 0 Å². The van der Waals surface area contributed by atoms with Crippen LogP contribution in [0.4, 0.5) is 0 Å². The average Bonchev–Trinajstić information content (AvgIpc) is 2.54. The highest BCUT2D eigenvalue weighted by atomic mass is 16.5. The number of esters is 1. The number of rotatable bonds is 8. The van der Waals surface area contributed by atoms with E-state index in [4.69, 9.17) is 0 Å². The summed E-state index contributed by atoms with van der Waals surface area (Å²) >= 11 is 0. The van der Waals surface area contributed by atoms with Gasteiger partial charge in [-0.1, -0.05) is 43.9 Å². The van der Waals surface area contributed by atoms with Crippen molar-refractivity contribution in [3.05, 3.63) is 24.3 Å². The molecule has 0 spiro atoms. The molecule has 2 nitrogen and oxygen atoms in total. The zero-order valence-electron chi connectivity index (χ0n) is 14.2. The highest BCUT2D eigenvalue weighted by molar-refractivity contribution is 5.68. The summed E-state index contributed by atoms with van der Waals surface area (Å²) in [4.78, 5) is 10.9. The zero-order valence-corrected chi connectivity index (χ0v) is 14.2. The Morgan fingerprint density at radius 1 is 1.14 bits per heavy atom. The molecule has 120 valence electrons. The predicted molar refractivity (Wildman–Crippen MR) is 93.0 cm³/mol. The summed E-state index contributed by atoms with van der Waals surface area (Å²) in [5.41, 5.74) is 0. The molecule has 22 heavy (non-hydrogen) atoms. The zero-order chi connectivity index (χ0) is 16.5. The first-order valence-corrected chi connectivity index (χ1v) is 8.08. The molecule has 0 rings (SSSR count). The Bertz CT molecular complexity index is 463. The van der Waals surface area contributed by atoms with Crippen LogP contribution in [-0.2, 0) is 9.53 Å². The topological polar surface area (TPSA) is 26.3 Å². The maximum absolute atomic E-state index is 10.9. The molecule has 0 N–H and O–H groups in total. The summed E-state index contributed by atoms with van der Waals surface area (Å²) in [5.74, 6) is 12.8. The summed E-state index contributed by atoms with van der Waals surface area (Å²) in [6.07, 6.45) is 14.1. The molecule has 0 radical (unpaired) electrons. The van der Waals surface area contributed by atoms with E-state index in [1.54, 1.807) is 0 Å². The summed E-state index contributed by atoms with van der Waals surface area (Å²) in [7, 11) is 1.42. The van der Waals surface area contributed by atoms with Gasteiger partial charge in [0.25, 0.3) is 0 Å². The second-order valence-electron chi connectivity index (χ2n) is 4.93. The fourth-order valence-electron chi connectivity index (χ4n) is 1.72. The summed E-state index contributed by atoms with van der Waals surface area (Å²) in [6, 6.07) is 0. The van der Waals surface area contributed by atoms with Gasteiger partial charge in [0.15, 0.2) is 0 Å². The lowest BCUT2D eigenvalue weighted by atomic mass is 10.0. The van der Waals surface area contributed by atoms with Gasteiger partial charge >= 0.3 is 5.97 Å². The number of unbranched alkanes of at least 4 members (excludes halogenated alkanes) is 2. The lowest BCUT2D eigenvalue weighted by molar-refractivity contribution is -0.140. The summed E-state index contributed by atoms with van der Waals surface area (Å²) < 4.78 is 4.58. The minimum Gasteiger partial charge on any atom is -0.469 e. The third kappa shape index (κ3) is 13.1. The van der Waals surface area contributed by atoms with E-state index in [0.717, 1.165) is 38.5 Å². The van der Waals surface area contributed by atoms with Gasteiger partial charge in [0, 0.05) is 25.7 Å². The first kappa shape index (κ1) is 20.1. The lowest BCUT2D eigenvalue weighted by Gasteiger charge is -2.02. The molecule has 0 aromatic carbocycles. The van der Waals surface area contributed by atoms with Crippen LogP contribution in [0.15, 0.2) is 24.3 Å². The number of methoxy groups -OCH3 is 1. The average molecular weight is 300 g/mol. The van der Waals surface area contributed by atoms with Gasteiger partial charge in [-0.15, -0.1) is 11.8 Å². The van der Waals surface area contributed by atoms with Gasteiger partial charge in [-0.05, 0) is 31.3 Å². The molecule has 0 aromatic rings. The fourth-order valence-corrected chi connectivity index (χ4v) is 1.72. The Morgan fingerprint density at radius 2 is 1.95 bits per heavy atom. The van der Waals surface area contributed by atoms with Crippen molar-refractivity contribution >= 4 is 5.97 Å². The van der Waals surface area contributed by atoms with E-state index in [1.165, 1.54) is 7.11 Å². The lowest BCUT2D eigenvalue weighted by Crippen LogP contribution is -1.98. The molecular weight excluding hydrogens is 272 g/mol. The molecule has 1 unspecified atom stereocenters. The van der Waals surface area contributed by atoms with Crippen LogP contribution in [0.2, 0.25) is 0 Å². The molecule has 0 amide bonds. The van der Waals surface area contributed by atoms with Gasteiger partial charge in [-0.3, -0.25) is 4.79 Å². The van der Waals surface area contributed by atoms with E-state index in [2.05, 4.69) is 48.3 Å². The highest BCUT2D eigenvalue weighted by Crippen LogP contribution is 2.08. The standard InChI is InChI=1S/C20H28O2/c1-4-6-13-16-19(5-2)17-14-11-9-7-8-10-12-15-18-20(21)22-3/h9,11,14,17,19H,4-5,10,12,15-16,18H2,1-3H3. The summed E-state index contributed by atoms with van der Waals surface area (Å²) in [6.45, 7) is 4.25. The van der Waals surface area contributed by atoms with Crippen molar-refractivity contribution in [2.45, 2.75) is 58.8 Å². The number of hydrogen-bond acceptors (Lipinski definition) is 2. The fraction of sp³-hybridized carbons (Fsp3) is 0.550. The Kier molecular flexibility index (Phi) is 14.1. The van der Waals surface area contributed by atoms with E-state index < -0.39 is 0 Å². The quantitative estimate of drug-likeness (QED) is 0.282. The van der Waals surface area contributed by atoms with E-state index in [-0.39, 0.29) is 5.97 Å². The maximum atomic E-state index is 10.9. The second-order valence-corrected chi connectivity index (χ2v) is 4.93. The van der Waals surface area contributed by atoms with Crippen molar-refractivity contribution in [1.29, 1.82) is 0 Å². The third-order valence-corrected chi connectivity index (χ3v) is 3.13. The van der Waals surface area contributed by atoms with Crippen molar-refractivity contribution in [2.75, 3.05) is 7.11 Å². The molecular formula is C20H28O2. The molecule has 0 aromatic heterocycles. The van der Waals surface area contributed by atoms with E-state index in [0.29, 0.717) is 12.3 Å². The Labute approximate surface area is 136 Å². The van der Waals surface area contributed by atoms with Crippen molar-refractivity contribution < 1.29 is 9.53 Å². The number of allylic oxidation sites excluding steroid dienone is 4. The van der Waals surface area contributed by atoms with Crippen LogP contribution < -0.4 is 0 Å². The van der Waals surface area contributed by atoms with Crippen molar-refractivity contribution in [1.82, 2.24) is 0 Å². The number of carbonyl (C=O) groups is 1. The van der Waals surface area contributed by atoms with Crippen LogP contribution in [0.1, 0.15) is 58.8 Å². The van der Waals surface area contributed by atoms with Gasteiger partial charge in [0.2, 0.25) is 0 Å². The van der Waals surface area contributed by atoms with E-state index in [1.807, 2.05) is 18.2 Å². The molecule has 0 bridgehead atoms. The molecule has 0 aliphatic heterocycles. The Balaban J connectivity index is 3.86. The van der Waals surface area contributed by atoms with Gasteiger partial charge in [-0.2, -0.15) is 0 Å². The minimum absolute atomic E-state index is 0.146. The van der Waals surface area contributed by atoms with Crippen LogP contribution in [0.5, 0.6) is 0 Å². The number of hydrogen-bond donors (Lipinski definition) is 0. The van der Waals surface area contributed by atoms with Crippen LogP contribution in [-0.4, -0.2) is 13.1 Å². The molecule has 1 atom stereocenters. The molecule has 0 saturated carbocycles. The molecule has 0 aliphatic carbocycles. The first-order chi connectivity index (χ1) is 10.7. The minimum atomic E-state index is -0.146. The van der Waals surface area contributed by atoms with Crippen LogP contribution in [0.3, 0.4) is 0 Å². The summed E-state index contributed by atoms with van der Waals surface area (Å²) in [5, 5.41) is 0. The largest absolute Gasteiger partial charge is 0.469 e. The Hall–Kier alpha value is -1.93. The third-order valence-electron chi connectivity index (χ3n) is 3.13. The number of carbonyl (C=O) groups excluding carboxylic acids is 1. The predicted octanol–water partition coefficient (Wildman–Crippen LogP) is 4.67. The molecule has 2 heteroatoms. The van der Waals surface area contributed by atoms with Crippen LogP contribution in [0, 0.1) is 29.6 Å². The van der Waals surface area contributed by atoms with Gasteiger partial charge in [0.05, 0.1) is 7.11 Å². The second kappa shape index (κ2) is 15.5. The van der Waals surface area contributed by atoms with Crippen molar-refractivity contribution in [3.63, 3.8) is 0 Å². The maximum Gasteiger partial charge on any atom is 0.305 e. The Morgan fingerprint density at radius 3 is 2.64 bits per heavy atom. The normalized spacial score (nSPS) is 11.6. The van der Waals surface area contributed by atoms with Gasteiger partial charge in [-0.25, -0.2) is 0 Å². The monoisotopic (exact) mass is 300 g/mol. The number of ether oxygens (including phenoxy) is 1. The molecule has 0 heterocycles. The van der Waals surface area contributed by atoms with Crippen molar-refractivity contribution in [3.8, 4) is 23.7 Å². The van der Waals surface area contributed by atoms with Crippen LogP contribution >= 0.6 is 0 Å². The van der Waals surface area contributed by atoms with Crippen molar-refractivity contribution in [2.24, 2.45) is 5.92 Å². The van der Waals surface area contributed by atoms with E-state index in [9.17, 15) is 4.79 Å². The van der Waals surface area contributed by atoms with Gasteiger partial charge in [0.1, 0.15) is 0 Å². The van der Waals surface area contributed by atoms with Crippen LogP contribution in [0.25, 0.3) is 0 Å². The molecule has 0 aliphatic rings. The van der Waals surface area contributed by atoms with Gasteiger partial charge < -0.3 is 4.74 Å². The molecule has 0 fully saturated rings. The molecule has 0 saturated heterocycles. The highest BCUT2D eigenvalue weighted by Gasteiger charge is 1.98. The SMILES string of the molecule is CCC#CCC(C=CC=CC#CCCCCC(=O)OC)CC. The first-order valence-electron chi connectivity index (χ1n) is 8.08.